The lowest BCUT2D eigenvalue weighted by Gasteiger charge is -2.28. The van der Waals surface area contributed by atoms with Gasteiger partial charge in [-0.05, 0) is 32.4 Å². The minimum absolute atomic E-state index is 0. The zero-order valence-electron chi connectivity index (χ0n) is 12.7. The molecule has 0 aliphatic rings. The van der Waals surface area contributed by atoms with E-state index in [1.165, 1.54) is 11.0 Å². The number of carbonyl (C=O) groups excluding carboxylic acids is 1. The first kappa shape index (κ1) is 18.7. The molecule has 20 heavy (non-hydrogen) atoms. The highest BCUT2D eigenvalue weighted by Crippen LogP contribution is 2.00. The van der Waals surface area contributed by atoms with Gasteiger partial charge in [0.15, 0.2) is 0 Å². The van der Waals surface area contributed by atoms with Crippen molar-refractivity contribution in [3.8, 4) is 0 Å². The summed E-state index contributed by atoms with van der Waals surface area (Å²) in [5.74, 6) is -0.287. The molecule has 0 saturated heterocycles. The van der Waals surface area contributed by atoms with Gasteiger partial charge in [-0.25, -0.2) is 4.79 Å². The molecule has 0 aliphatic heterocycles. The van der Waals surface area contributed by atoms with E-state index in [0.29, 0.717) is 6.61 Å². The average molecular weight is 298 g/mol. The monoisotopic (exact) mass is 297 g/mol. The van der Waals surface area contributed by atoms with Gasteiger partial charge in [0, 0.05) is 6.08 Å². The minimum atomic E-state index is -0.287. The number of esters is 1. The van der Waals surface area contributed by atoms with Gasteiger partial charge in [-0.3, -0.25) is 0 Å². The van der Waals surface area contributed by atoms with Crippen LogP contribution in [0.4, 0.5) is 0 Å². The molecule has 4 heteroatoms. The second-order valence-corrected chi connectivity index (χ2v) is 5.69. The van der Waals surface area contributed by atoms with Gasteiger partial charge >= 0.3 is 5.97 Å². The highest BCUT2D eigenvalue weighted by molar-refractivity contribution is 5.86. The maximum absolute atomic E-state index is 11.5. The number of quaternary nitrogens is 1. The van der Waals surface area contributed by atoms with Crippen molar-refractivity contribution in [3.05, 3.63) is 42.0 Å². The second-order valence-electron chi connectivity index (χ2n) is 5.69. The number of carbonyl (C=O) groups is 1. The van der Waals surface area contributed by atoms with Crippen LogP contribution in [0.2, 0.25) is 0 Å². The molecule has 0 aromatic heterocycles. The Labute approximate surface area is 128 Å². The number of hydrogen-bond acceptors (Lipinski definition) is 2. The molecule has 3 nitrogen and oxygen atoms in total. The molecule has 0 radical (unpaired) electrons. The van der Waals surface area contributed by atoms with Crippen LogP contribution in [-0.2, 0) is 9.53 Å². The molecule has 1 atom stereocenters. The Hall–Kier alpha value is -1.32. The van der Waals surface area contributed by atoms with Crippen LogP contribution in [0.25, 0.3) is 6.08 Å². The first-order valence-electron chi connectivity index (χ1n) is 6.62. The molecule has 0 fully saturated rings. The van der Waals surface area contributed by atoms with E-state index in [0.717, 1.165) is 12.1 Å². The quantitative estimate of drug-likeness (QED) is 0.533. The van der Waals surface area contributed by atoms with Gasteiger partial charge < -0.3 is 22.0 Å². The fraction of sp³-hybridized carbons (Fsp3) is 0.438. The molecule has 0 spiro atoms. The number of nitrogens with one attached hydrogen (secondary N) is 1. The first-order valence-corrected chi connectivity index (χ1v) is 6.62. The number of rotatable bonds is 5. The van der Waals surface area contributed by atoms with Crippen molar-refractivity contribution < 1.29 is 26.8 Å². The predicted octanol–water partition coefficient (Wildman–Crippen LogP) is -1.44. The third-order valence-electron chi connectivity index (χ3n) is 3.21. The Morgan fingerprint density at radius 2 is 1.85 bits per heavy atom. The van der Waals surface area contributed by atoms with Crippen molar-refractivity contribution in [2.75, 3.05) is 20.2 Å². The highest BCUT2D eigenvalue weighted by atomic mass is 35.5. The Kier molecular flexibility index (Phi) is 8.19. The lowest BCUT2D eigenvalue weighted by Crippen LogP contribution is -3.16. The van der Waals surface area contributed by atoms with Gasteiger partial charge in [-0.1, -0.05) is 30.3 Å². The summed E-state index contributed by atoms with van der Waals surface area (Å²) < 4.78 is 5.18. The summed E-state index contributed by atoms with van der Waals surface area (Å²) in [4.78, 5) is 12.9. The molecule has 112 valence electrons. The smallest absolute Gasteiger partial charge is 0.330 e. The van der Waals surface area contributed by atoms with Crippen LogP contribution in [0, 0.1) is 0 Å². The van der Waals surface area contributed by atoms with E-state index in [4.69, 9.17) is 4.74 Å². The largest absolute Gasteiger partial charge is 1.00 e. The fourth-order valence-corrected chi connectivity index (χ4v) is 1.46. The molecule has 0 heterocycles. The average Bonchev–Trinajstić information content (AvgIpc) is 2.36. The van der Waals surface area contributed by atoms with Crippen molar-refractivity contribution in [2.45, 2.75) is 26.3 Å². The number of benzene rings is 1. The topological polar surface area (TPSA) is 30.7 Å². The predicted molar refractivity (Wildman–Crippen MR) is 77.9 cm³/mol. The number of likely N-dealkylation sites (N-methyl/N-ethyl adjacent to an activating group) is 1. The van der Waals surface area contributed by atoms with E-state index in [-0.39, 0.29) is 23.9 Å². The van der Waals surface area contributed by atoms with Crippen LogP contribution in [-0.4, -0.2) is 31.7 Å². The second kappa shape index (κ2) is 8.77. The van der Waals surface area contributed by atoms with Gasteiger partial charge in [0.2, 0.25) is 0 Å². The molecule has 0 bridgehead atoms. The van der Waals surface area contributed by atoms with Crippen molar-refractivity contribution in [1.29, 1.82) is 0 Å². The van der Waals surface area contributed by atoms with Crippen molar-refractivity contribution >= 4 is 12.0 Å². The van der Waals surface area contributed by atoms with Crippen LogP contribution in [0.3, 0.4) is 0 Å². The summed E-state index contributed by atoms with van der Waals surface area (Å²) in [5.41, 5.74) is 1.17. The zero-order chi connectivity index (χ0) is 14.3. The van der Waals surface area contributed by atoms with Crippen LogP contribution >= 0.6 is 0 Å². The van der Waals surface area contributed by atoms with E-state index in [1.54, 1.807) is 6.08 Å². The molecular weight excluding hydrogens is 274 g/mol. The van der Waals surface area contributed by atoms with Crippen molar-refractivity contribution in [3.63, 3.8) is 0 Å². The third-order valence-corrected chi connectivity index (χ3v) is 3.21. The molecule has 1 aromatic carbocycles. The molecule has 0 saturated carbocycles. The van der Waals surface area contributed by atoms with E-state index in [9.17, 15) is 4.79 Å². The highest BCUT2D eigenvalue weighted by Gasteiger charge is 2.20. The third kappa shape index (κ3) is 7.31. The fourth-order valence-electron chi connectivity index (χ4n) is 1.46. The van der Waals surface area contributed by atoms with Crippen LogP contribution in [0.5, 0.6) is 0 Å². The molecule has 1 N–H and O–H groups in total. The SMILES string of the molecule is C[NH+](CCOC(=O)/C=C/c1ccccc1)C(C)(C)C.[Cl-]. The molecule has 0 amide bonds. The van der Waals surface area contributed by atoms with Crippen molar-refractivity contribution in [1.82, 2.24) is 0 Å². The van der Waals surface area contributed by atoms with Gasteiger partial charge in [0.05, 0.1) is 12.6 Å². The Bertz CT molecular complexity index is 424. The summed E-state index contributed by atoms with van der Waals surface area (Å²) in [5, 5.41) is 0. The lowest BCUT2D eigenvalue weighted by atomic mass is 10.1. The summed E-state index contributed by atoms with van der Waals surface area (Å²) in [7, 11) is 2.10. The summed E-state index contributed by atoms with van der Waals surface area (Å²) in [6.45, 7) is 7.76. The van der Waals surface area contributed by atoms with E-state index < -0.39 is 0 Å². The molecule has 1 rings (SSSR count). The minimum Gasteiger partial charge on any atom is -1.00 e. The van der Waals surface area contributed by atoms with Gasteiger partial charge in [0.25, 0.3) is 0 Å². The lowest BCUT2D eigenvalue weighted by molar-refractivity contribution is -0.927. The first-order chi connectivity index (χ1) is 8.89. The Balaban J connectivity index is 0.00000361. The van der Waals surface area contributed by atoms with Gasteiger partial charge in [0.1, 0.15) is 13.2 Å². The van der Waals surface area contributed by atoms with Crippen LogP contribution < -0.4 is 17.3 Å². The summed E-state index contributed by atoms with van der Waals surface area (Å²) in [6, 6.07) is 9.71. The maximum Gasteiger partial charge on any atom is 0.330 e. The normalized spacial score (nSPS) is 12.8. The number of hydrogen-bond donors (Lipinski definition) is 1. The van der Waals surface area contributed by atoms with Crippen LogP contribution in [0.15, 0.2) is 36.4 Å². The Morgan fingerprint density at radius 1 is 1.25 bits per heavy atom. The Morgan fingerprint density at radius 3 is 2.40 bits per heavy atom. The van der Waals surface area contributed by atoms with Crippen molar-refractivity contribution in [2.24, 2.45) is 0 Å². The van der Waals surface area contributed by atoms with E-state index >= 15 is 0 Å². The molecule has 1 unspecified atom stereocenters. The van der Waals surface area contributed by atoms with E-state index in [1.807, 2.05) is 30.3 Å². The van der Waals surface area contributed by atoms with Gasteiger partial charge in [-0.2, -0.15) is 0 Å². The molecule has 1 aromatic rings. The maximum atomic E-state index is 11.5. The summed E-state index contributed by atoms with van der Waals surface area (Å²) >= 11 is 0. The molecular formula is C16H24ClNO2. The van der Waals surface area contributed by atoms with E-state index in [2.05, 4.69) is 27.8 Å². The number of ether oxygens (including phenoxy) is 1. The standard InChI is InChI=1S/C16H23NO2.ClH/c1-16(2,3)17(4)12-13-19-15(18)11-10-14-8-6-5-7-9-14;/h5-11H,12-13H2,1-4H3;1H/b11-10+;. The van der Waals surface area contributed by atoms with Gasteiger partial charge in [-0.15, -0.1) is 0 Å². The number of halogens is 1. The molecule has 0 aliphatic carbocycles. The van der Waals surface area contributed by atoms with Crippen LogP contribution in [0.1, 0.15) is 26.3 Å². The summed E-state index contributed by atoms with van der Waals surface area (Å²) in [6.07, 6.45) is 3.24. The zero-order valence-corrected chi connectivity index (χ0v) is 13.4.